The zero-order valence-corrected chi connectivity index (χ0v) is 20.2. The van der Waals surface area contributed by atoms with Crippen molar-refractivity contribution in [1.29, 1.82) is 0 Å². The minimum atomic E-state index is -3.00. The number of aryl methyl sites for hydroxylation is 1. The molecule has 172 valence electrons. The number of thioether (sulfide) groups is 1. The van der Waals surface area contributed by atoms with Crippen LogP contribution in [0.25, 0.3) is 0 Å². The second-order valence-electron chi connectivity index (χ2n) is 8.45. The molecule has 0 spiro atoms. The van der Waals surface area contributed by atoms with Crippen molar-refractivity contribution in [1.82, 2.24) is 14.7 Å². The molecule has 0 aliphatic carbocycles. The Labute approximate surface area is 192 Å². The van der Waals surface area contributed by atoms with Crippen LogP contribution in [0.2, 0.25) is 0 Å². The molecule has 0 N–H and O–H groups in total. The summed E-state index contributed by atoms with van der Waals surface area (Å²) in [6.07, 6.45) is 0.802. The predicted octanol–water partition coefficient (Wildman–Crippen LogP) is 2.35. The number of amides is 2. The first kappa shape index (κ1) is 22.8. The average molecular weight is 477 g/mol. The van der Waals surface area contributed by atoms with Crippen LogP contribution < -0.4 is 4.90 Å². The summed E-state index contributed by atoms with van der Waals surface area (Å²) in [4.78, 5) is 29.7. The second-order valence-corrected chi connectivity index (χ2v) is 11.7. The van der Waals surface area contributed by atoms with Gasteiger partial charge in [0.05, 0.1) is 34.7 Å². The van der Waals surface area contributed by atoms with Crippen molar-refractivity contribution in [2.45, 2.75) is 44.2 Å². The largest absolute Gasteiger partial charge is 0.341 e. The normalized spacial score (nSPS) is 19.8. The highest BCUT2D eigenvalue weighted by Crippen LogP contribution is 2.35. The Morgan fingerprint density at radius 1 is 1.28 bits per heavy atom. The van der Waals surface area contributed by atoms with Crippen LogP contribution >= 0.6 is 11.8 Å². The monoisotopic (exact) mass is 476 g/mol. The van der Waals surface area contributed by atoms with E-state index in [4.69, 9.17) is 0 Å². The molecule has 2 amide bonds. The molecule has 0 bridgehead atoms. The van der Waals surface area contributed by atoms with Gasteiger partial charge in [-0.2, -0.15) is 5.10 Å². The number of rotatable bonds is 6. The van der Waals surface area contributed by atoms with Gasteiger partial charge in [-0.1, -0.05) is 12.1 Å². The molecule has 4 rings (SSSR count). The van der Waals surface area contributed by atoms with Crippen molar-refractivity contribution in [2.24, 2.45) is 0 Å². The van der Waals surface area contributed by atoms with Gasteiger partial charge < -0.3 is 9.80 Å². The van der Waals surface area contributed by atoms with Gasteiger partial charge in [-0.15, -0.1) is 11.8 Å². The maximum Gasteiger partial charge on any atom is 0.237 e. The molecule has 1 aromatic heterocycles. The molecule has 2 aromatic rings. The number of hydrogen-bond acceptors (Lipinski definition) is 6. The van der Waals surface area contributed by atoms with Crippen molar-refractivity contribution in [2.75, 3.05) is 35.8 Å². The van der Waals surface area contributed by atoms with E-state index in [1.165, 1.54) is 11.8 Å². The van der Waals surface area contributed by atoms with Crippen LogP contribution in [0.15, 0.2) is 29.2 Å². The van der Waals surface area contributed by atoms with Gasteiger partial charge in [0.1, 0.15) is 0 Å². The van der Waals surface area contributed by atoms with Crippen LogP contribution in [-0.2, 0) is 26.0 Å². The molecule has 32 heavy (non-hydrogen) atoms. The number of nitrogens with zero attached hydrogens (tertiary/aromatic N) is 4. The van der Waals surface area contributed by atoms with Crippen molar-refractivity contribution in [3.8, 4) is 0 Å². The van der Waals surface area contributed by atoms with Gasteiger partial charge in [-0.25, -0.2) is 8.42 Å². The SMILES string of the molecule is Cc1nn(C2CCS(=O)(=O)C2)c(C)c1CN(C)C(=O)CCN1C(=O)CSc2ccccc21. The molecule has 2 aliphatic rings. The third-order valence-electron chi connectivity index (χ3n) is 6.21. The minimum Gasteiger partial charge on any atom is -0.341 e. The molecule has 1 aromatic carbocycles. The van der Waals surface area contributed by atoms with Crippen LogP contribution in [0, 0.1) is 13.8 Å². The number of carbonyl (C=O) groups is 2. The van der Waals surface area contributed by atoms with Crippen LogP contribution in [0.5, 0.6) is 0 Å². The summed E-state index contributed by atoms with van der Waals surface area (Å²) in [5, 5.41) is 4.58. The summed E-state index contributed by atoms with van der Waals surface area (Å²) in [5.74, 6) is 0.662. The second kappa shape index (κ2) is 8.90. The Hall–Kier alpha value is -2.33. The number of fused-ring (bicyclic) bond motifs is 1. The lowest BCUT2D eigenvalue weighted by molar-refractivity contribution is -0.130. The van der Waals surface area contributed by atoms with Gasteiger partial charge in [0.15, 0.2) is 9.84 Å². The highest BCUT2D eigenvalue weighted by molar-refractivity contribution is 8.00. The molecule has 0 saturated carbocycles. The van der Waals surface area contributed by atoms with Crippen LogP contribution in [-0.4, -0.2) is 65.8 Å². The van der Waals surface area contributed by atoms with Gasteiger partial charge in [0, 0.05) is 42.7 Å². The zero-order valence-electron chi connectivity index (χ0n) is 18.6. The first-order valence-corrected chi connectivity index (χ1v) is 13.5. The molecule has 0 radical (unpaired) electrons. The fourth-order valence-electron chi connectivity index (χ4n) is 4.37. The van der Waals surface area contributed by atoms with Crippen LogP contribution in [0.4, 0.5) is 5.69 Å². The lowest BCUT2D eigenvalue weighted by atomic mass is 10.1. The third-order valence-corrected chi connectivity index (χ3v) is 9.01. The Kier molecular flexibility index (Phi) is 6.35. The number of para-hydroxylation sites is 1. The highest BCUT2D eigenvalue weighted by Gasteiger charge is 2.32. The number of benzene rings is 1. The van der Waals surface area contributed by atoms with Crippen LogP contribution in [0.1, 0.15) is 35.8 Å². The fourth-order valence-corrected chi connectivity index (χ4v) is 7.00. The number of aromatic nitrogens is 2. The smallest absolute Gasteiger partial charge is 0.237 e. The van der Waals surface area contributed by atoms with E-state index < -0.39 is 9.84 Å². The first-order chi connectivity index (χ1) is 15.2. The summed E-state index contributed by atoms with van der Waals surface area (Å²) in [5.41, 5.74) is 3.52. The lowest BCUT2D eigenvalue weighted by Crippen LogP contribution is -2.38. The van der Waals surface area contributed by atoms with E-state index in [0.29, 0.717) is 25.3 Å². The van der Waals surface area contributed by atoms with Crippen molar-refractivity contribution in [3.63, 3.8) is 0 Å². The molecule has 8 nitrogen and oxygen atoms in total. The zero-order chi connectivity index (χ0) is 23.0. The highest BCUT2D eigenvalue weighted by atomic mass is 32.2. The fraction of sp³-hybridized carbons (Fsp3) is 0.500. The molecular formula is C22H28N4O4S2. The Morgan fingerprint density at radius 2 is 2.03 bits per heavy atom. The molecule has 1 fully saturated rings. The molecule has 10 heteroatoms. The topological polar surface area (TPSA) is 92.6 Å². The third kappa shape index (κ3) is 4.56. The van der Waals surface area contributed by atoms with E-state index in [1.807, 2.05) is 42.8 Å². The van der Waals surface area contributed by atoms with E-state index in [2.05, 4.69) is 5.10 Å². The lowest BCUT2D eigenvalue weighted by Gasteiger charge is -2.29. The van der Waals surface area contributed by atoms with Crippen molar-refractivity contribution < 1.29 is 18.0 Å². The Bertz CT molecular complexity index is 1160. The summed E-state index contributed by atoms with van der Waals surface area (Å²) < 4.78 is 25.5. The Morgan fingerprint density at radius 3 is 2.75 bits per heavy atom. The number of sulfone groups is 1. The minimum absolute atomic E-state index is 0.0173. The summed E-state index contributed by atoms with van der Waals surface area (Å²) in [6, 6.07) is 7.61. The molecule has 3 heterocycles. The van der Waals surface area contributed by atoms with E-state index in [0.717, 1.165) is 27.5 Å². The maximum absolute atomic E-state index is 12.9. The molecular weight excluding hydrogens is 448 g/mol. The summed E-state index contributed by atoms with van der Waals surface area (Å²) in [7, 11) is -1.25. The predicted molar refractivity (Wildman–Crippen MR) is 125 cm³/mol. The van der Waals surface area contributed by atoms with Gasteiger partial charge in [-0.05, 0) is 32.4 Å². The van der Waals surface area contributed by atoms with E-state index in [-0.39, 0.29) is 35.8 Å². The van der Waals surface area contributed by atoms with Gasteiger partial charge in [0.25, 0.3) is 0 Å². The maximum atomic E-state index is 12.9. The Balaban J connectivity index is 1.41. The van der Waals surface area contributed by atoms with Crippen molar-refractivity contribution in [3.05, 3.63) is 41.2 Å². The van der Waals surface area contributed by atoms with Crippen LogP contribution in [0.3, 0.4) is 0 Å². The molecule has 1 unspecified atom stereocenters. The van der Waals surface area contributed by atoms with E-state index in [1.54, 1.807) is 16.8 Å². The number of carbonyl (C=O) groups excluding carboxylic acids is 2. The number of anilines is 1. The van der Waals surface area contributed by atoms with Gasteiger partial charge in [-0.3, -0.25) is 14.3 Å². The molecule has 1 atom stereocenters. The number of hydrogen-bond donors (Lipinski definition) is 0. The summed E-state index contributed by atoms with van der Waals surface area (Å²) >= 11 is 1.53. The molecule has 1 saturated heterocycles. The standard InChI is InChI=1S/C22H28N4O4S2/c1-15-18(16(2)26(23-15)17-9-11-32(29,30)14-17)12-24(3)21(27)8-10-25-19-6-4-5-7-20(19)31-13-22(25)28/h4-7,17H,8-14H2,1-3H3. The average Bonchev–Trinajstić information content (AvgIpc) is 3.26. The van der Waals surface area contributed by atoms with Gasteiger partial charge >= 0.3 is 0 Å². The molecule has 2 aliphatic heterocycles. The summed E-state index contributed by atoms with van der Waals surface area (Å²) in [6.45, 7) is 4.56. The van der Waals surface area contributed by atoms with Gasteiger partial charge in [0.2, 0.25) is 11.8 Å². The van der Waals surface area contributed by atoms with Crippen molar-refractivity contribution >= 4 is 39.1 Å². The van der Waals surface area contributed by atoms with E-state index in [9.17, 15) is 18.0 Å². The quantitative estimate of drug-likeness (QED) is 0.636. The van der Waals surface area contributed by atoms with E-state index >= 15 is 0 Å². The first-order valence-electron chi connectivity index (χ1n) is 10.7.